The van der Waals surface area contributed by atoms with Crippen molar-refractivity contribution < 1.29 is 59.5 Å². The average Bonchev–Trinajstić information content (AvgIpc) is 2.87. The molecule has 44 heavy (non-hydrogen) atoms. The number of non-ortho nitro benzene ring substituents is 2. The van der Waals surface area contributed by atoms with Crippen LogP contribution in [0.15, 0.2) is 24.3 Å². The predicted molar refractivity (Wildman–Crippen MR) is 138 cm³/mol. The topological polar surface area (TPSA) is 359 Å². The molecule has 0 amide bonds. The van der Waals surface area contributed by atoms with Crippen LogP contribution in [0.1, 0.15) is 6.42 Å². The van der Waals surface area contributed by atoms with Crippen LogP contribution in [0.25, 0.3) is 0 Å². The Bertz CT molecular complexity index is 1310. The van der Waals surface area contributed by atoms with Gasteiger partial charge in [-0.1, -0.05) is 0 Å². The van der Waals surface area contributed by atoms with E-state index in [0.29, 0.717) is 30.7 Å². The number of methoxy groups -OCH3 is 1. The summed E-state index contributed by atoms with van der Waals surface area (Å²) in [5.41, 5.74) is -2.63. The molecule has 2 aromatic carbocycles. The molecule has 1 atom stereocenters. The Kier molecular flexibility index (Phi) is 13.5. The van der Waals surface area contributed by atoms with E-state index in [1.165, 1.54) is 7.11 Å². The number of nitrogens with zero attached hydrogens (tertiary/aromatic N) is 7. The second kappa shape index (κ2) is 15.7. The van der Waals surface area contributed by atoms with Crippen molar-refractivity contribution in [3.8, 4) is 11.5 Å². The molecule has 0 spiro atoms. The van der Waals surface area contributed by atoms with E-state index in [2.05, 4.69) is 31.6 Å². The molecule has 0 aliphatic heterocycles. The molecule has 0 fully saturated rings. The third-order valence-electron chi connectivity index (χ3n) is 4.77. The number of rotatable bonds is 10. The summed E-state index contributed by atoms with van der Waals surface area (Å²) in [6, 6.07) is 1.67. The van der Waals surface area contributed by atoms with Gasteiger partial charge >= 0.3 is 5.97 Å². The van der Waals surface area contributed by atoms with E-state index < -0.39 is 75.2 Å². The smallest absolute Gasteiger partial charge is 0.311 e. The molecule has 2 aromatic rings. The molecule has 0 saturated heterocycles. The van der Waals surface area contributed by atoms with Crippen LogP contribution in [0.5, 0.6) is 11.5 Å². The zero-order valence-electron chi connectivity index (χ0n) is 23.2. The zero-order chi connectivity index (χ0) is 34.7. The Hall–Kier alpha value is -6.17. The standard InChI is InChI=1S/C8H19N2O2.2C6H3N3O7/c1-10(2,3)6-7(9)5-8(11)12-4;2*10-6-4(8(13)14)1-3(7(11)12)2-5(6)9(15)16/h7H,5-6,9H2,1-4H3;2*1-2,10H/q+1;;/p-1/t7-;;/m1../s1. The summed E-state index contributed by atoms with van der Waals surface area (Å²) in [5, 5.41) is 84.2. The van der Waals surface area contributed by atoms with Crippen LogP contribution in [-0.2, 0) is 9.53 Å². The van der Waals surface area contributed by atoms with Gasteiger partial charge in [-0.15, -0.1) is 0 Å². The normalized spacial score (nSPS) is 10.9. The molecular weight excluding hydrogens is 608 g/mol. The van der Waals surface area contributed by atoms with E-state index in [1.54, 1.807) is 0 Å². The summed E-state index contributed by atoms with van der Waals surface area (Å²) in [6.45, 7) is 0.884. The summed E-state index contributed by atoms with van der Waals surface area (Å²) in [4.78, 5) is 65.9. The van der Waals surface area contributed by atoms with Gasteiger partial charge in [0, 0.05) is 0 Å². The van der Waals surface area contributed by atoms with Gasteiger partial charge < -0.3 is 25.2 Å². The van der Waals surface area contributed by atoms with Crippen molar-refractivity contribution in [3.05, 3.63) is 85.0 Å². The van der Waals surface area contributed by atoms with Gasteiger partial charge in [-0.3, -0.25) is 65.5 Å². The van der Waals surface area contributed by atoms with E-state index in [1.807, 2.05) is 0 Å². The maximum Gasteiger partial charge on any atom is 0.311 e. The minimum absolute atomic E-state index is 0.137. The highest BCUT2D eigenvalue weighted by atomic mass is 16.7. The van der Waals surface area contributed by atoms with Crippen molar-refractivity contribution in [2.45, 2.75) is 12.5 Å². The molecule has 240 valence electrons. The highest BCUT2D eigenvalue weighted by Gasteiger charge is 2.26. The third-order valence-corrected chi connectivity index (χ3v) is 4.77. The molecule has 0 aliphatic carbocycles. The molecule has 24 heteroatoms. The van der Waals surface area contributed by atoms with Crippen molar-refractivity contribution in [2.24, 2.45) is 0 Å². The van der Waals surface area contributed by atoms with Crippen molar-refractivity contribution >= 4 is 40.1 Å². The lowest BCUT2D eigenvalue weighted by atomic mass is 10.2. The molecule has 0 bridgehead atoms. The van der Waals surface area contributed by atoms with Gasteiger partial charge in [0.05, 0.1) is 93.6 Å². The molecule has 0 radical (unpaired) electrons. The largest absolute Gasteiger partial charge is 0.863 e. The number of likely N-dealkylation sites (N-methyl/N-ethyl adjacent to an activating group) is 1. The Labute approximate surface area is 244 Å². The number of carbonyl (C=O) groups excluding carboxylic acids is 1. The minimum atomic E-state index is -1.46. The molecule has 2 rings (SSSR count). The van der Waals surface area contributed by atoms with E-state index >= 15 is 0 Å². The van der Waals surface area contributed by atoms with Crippen molar-refractivity contribution in [3.63, 3.8) is 0 Å². The molecular formula is C20H24N8O16. The maximum absolute atomic E-state index is 11.1. The fourth-order valence-electron chi connectivity index (χ4n) is 3.08. The first-order valence-electron chi connectivity index (χ1n) is 11.3. The summed E-state index contributed by atoms with van der Waals surface area (Å²) in [6.07, 6.45) is 0.409. The zero-order valence-corrected chi connectivity index (χ0v) is 23.2. The lowest BCUT2D eigenvalue weighted by Crippen LogP contribution is -2.67. The summed E-state index contributed by atoms with van der Waals surface area (Å²) in [7, 11) is 7.64. The lowest BCUT2D eigenvalue weighted by Gasteiger charge is -2.25. The number of hydrogen-bond acceptors (Lipinski definition) is 16. The number of hydrogen-bond donors (Lipinski definition) is 1. The summed E-state index contributed by atoms with van der Waals surface area (Å²) < 4.78 is 5.37. The first-order valence-corrected chi connectivity index (χ1v) is 11.3. The Morgan fingerprint density at radius 2 is 0.955 bits per heavy atom. The second-order valence-corrected chi connectivity index (χ2v) is 9.29. The van der Waals surface area contributed by atoms with Crippen molar-refractivity contribution in [1.82, 2.24) is 0 Å². The van der Waals surface area contributed by atoms with Crippen LogP contribution < -0.4 is 15.9 Å². The van der Waals surface area contributed by atoms with E-state index in [9.17, 15) is 75.7 Å². The highest BCUT2D eigenvalue weighted by molar-refractivity contribution is 5.69. The molecule has 3 N–H and O–H groups in total. The quantitative estimate of drug-likeness (QED) is 0.154. The third kappa shape index (κ3) is 11.7. The molecule has 0 unspecified atom stereocenters. The van der Waals surface area contributed by atoms with Crippen LogP contribution in [0.2, 0.25) is 0 Å². The van der Waals surface area contributed by atoms with Crippen LogP contribution in [0.4, 0.5) is 34.1 Å². The highest BCUT2D eigenvalue weighted by Crippen LogP contribution is 2.37. The summed E-state index contributed by atoms with van der Waals surface area (Å²) in [5.74, 6) is -3.09. The van der Waals surface area contributed by atoms with Crippen molar-refractivity contribution in [2.75, 3.05) is 34.8 Å². The molecule has 0 heterocycles. The molecule has 24 nitrogen and oxygen atoms in total. The van der Waals surface area contributed by atoms with Crippen LogP contribution in [-0.4, -0.2) is 80.8 Å². The molecule has 0 saturated carbocycles. The SMILES string of the molecule is COC(=O)C[C@@H]([NH3+])C[N+](C)(C)C.O=[N+]([O-])c1cc([N+](=O)[O-])c([O-])c([N+](=O)[O-])c1.O=[N+]([O-])c1cc([N+](=O)[O-])c([O-])c([N+](=O)[O-])c1. The number of nitro groups is 6. The monoisotopic (exact) mass is 632 g/mol. The van der Waals surface area contributed by atoms with Crippen LogP contribution in [0.3, 0.4) is 0 Å². The Morgan fingerprint density at radius 1 is 0.682 bits per heavy atom. The van der Waals surface area contributed by atoms with Gasteiger partial charge in [0.2, 0.25) is 0 Å². The number of nitro benzene ring substituents is 6. The number of ether oxygens (including phenoxy) is 1. The lowest BCUT2D eigenvalue weighted by molar-refractivity contribution is -0.880. The summed E-state index contributed by atoms with van der Waals surface area (Å²) >= 11 is 0. The first kappa shape index (κ1) is 37.8. The second-order valence-electron chi connectivity index (χ2n) is 9.29. The number of esters is 1. The Morgan fingerprint density at radius 3 is 1.14 bits per heavy atom. The fourth-order valence-corrected chi connectivity index (χ4v) is 3.08. The Balaban J connectivity index is 0.000000639. The van der Waals surface area contributed by atoms with Gasteiger partial charge in [0.1, 0.15) is 19.0 Å². The number of carbonyl (C=O) groups is 1. The minimum Gasteiger partial charge on any atom is -0.863 e. The average molecular weight is 632 g/mol. The first-order chi connectivity index (χ1) is 20.0. The van der Waals surface area contributed by atoms with E-state index in [0.717, 1.165) is 11.0 Å². The fraction of sp³-hybridized carbons (Fsp3) is 0.350. The van der Waals surface area contributed by atoms with Gasteiger partial charge in [0.15, 0.2) is 0 Å². The number of benzene rings is 2. The van der Waals surface area contributed by atoms with Crippen LogP contribution in [0, 0.1) is 60.7 Å². The van der Waals surface area contributed by atoms with E-state index in [-0.39, 0.29) is 12.0 Å². The van der Waals surface area contributed by atoms with Gasteiger partial charge in [-0.05, 0) is 0 Å². The van der Waals surface area contributed by atoms with Crippen molar-refractivity contribution in [1.29, 1.82) is 0 Å². The number of quaternary nitrogens is 2. The molecule has 0 aliphatic rings. The van der Waals surface area contributed by atoms with Gasteiger partial charge in [0.25, 0.3) is 34.1 Å². The maximum atomic E-state index is 11.1. The van der Waals surface area contributed by atoms with E-state index in [4.69, 9.17) is 0 Å². The predicted octanol–water partition coefficient (Wildman–Crippen LogP) is -0.164. The molecule has 0 aromatic heterocycles. The van der Waals surface area contributed by atoms with Gasteiger partial charge in [-0.2, -0.15) is 0 Å². The van der Waals surface area contributed by atoms with Gasteiger partial charge in [-0.25, -0.2) is 0 Å². The van der Waals surface area contributed by atoms with Crippen LogP contribution >= 0.6 is 0 Å².